The number of ether oxygens (including phenoxy) is 1. The van der Waals surface area contributed by atoms with Gasteiger partial charge < -0.3 is 20.5 Å². The molecule has 0 aromatic heterocycles. The van der Waals surface area contributed by atoms with Gasteiger partial charge in [0, 0.05) is 11.5 Å². The first-order chi connectivity index (χ1) is 9.60. The highest BCUT2D eigenvalue weighted by Gasteiger charge is 2.52. The number of carboxylic acids is 1. The molecule has 1 saturated carbocycles. The Morgan fingerprint density at radius 2 is 2.10 bits per heavy atom. The van der Waals surface area contributed by atoms with Crippen LogP contribution in [0.3, 0.4) is 0 Å². The molecular weight excluding hydrogens is 276 g/mol. The molecule has 7 nitrogen and oxygen atoms in total. The fraction of sp³-hybridized carbons (Fsp3) is 0.786. The van der Waals surface area contributed by atoms with Crippen molar-refractivity contribution < 1.29 is 24.2 Å². The molecule has 21 heavy (non-hydrogen) atoms. The van der Waals surface area contributed by atoms with Crippen molar-refractivity contribution in [2.24, 2.45) is 5.92 Å². The highest BCUT2D eigenvalue weighted by Crippen LogP contribution is 2.46. The summed E-state index contributed by atoms with van der Waals surface area (Å²) in [5.74, 6) is -1.65. The average Bonchev–Trinajstić information content (AvgIpc) is 2.95. The van der Waals surface area contributed by atoms with Crippen LogP contribution in [0.5, 0.6) is 0 Å². The van der Waals surface area contributed by atoms with Gasteiger partial charge in [0.1, 0.15) is 11.6 Å². The molecule has 0 aromatic rings. The average molecular weight is 298 g/mol. The zero-order valence-corrected chi connectivity index (χ0v) is 12.6. The summed E-state index contributed by atoms with van der Waals surface area (Å²) in [5, 5.41) is 14.5. The lowest BCUT2D eigenvalue weighted by molar-refractivity contribution is -0.140. The van der Waals surface area contributed by atoms with Gasteiger partial charge >= 0.3 is 12.1 Å². The normalized spacial score (nSPS) is 24.3. The quantitative estimate of drug-likeness (QED) is 0.719. The van der Waals surface area contributed by atoms with E-state index in [0.717, 1.165) is 12.8 Å². The van der Waals surface area contributed by atoms with Crippen molar-refractivity contribution in [2.45, 2.75) is 63.6 Å². The molecule has 1 aliphatic heterocycles. The van der Waals surface area contributed by atoms with Crippen molar-refractivity contribution in [1.29, 1.82) is 0 Å². The SMILES string of the molecule is CC(C)(C)OC(=O)N[C@@H](C[C@@H]1CC2(CC2)NC1=O)C(=O)O. The first kappa shape index (κ1) is 15.6. The summed E-state index contributed by atoms with van der Waals surface area (Å²) in [5.41, 5.74) is -0.799. The zero-order chi connectivity index (χ0) is 15.8. The van der Waals surface area contributed by atoms with Crippen LogP contribution in [0.4, 0.5) is 4.79 Å². The number of aliphatic carboxylic acids is 1. The Balaban J connectivity index is 1.92. The van der Waals surface area contributed by atoms with Crippen LogP contribution in [0, 0.1) is 5.92 Å². The van der Waals surface area contributed by atoms with Gasteiger partial charge in [0.15, 0.2) is 0 Å². The number of nitrogens with one attached hydrogen (secondary N) is 2. The van der Waals surface area contributed by atoms with Crippen LogP contribution in [0.25, 0.3) is 0 Å². The minimum absolute atomic E-state index is 0.0855. The fourth-order valence-electron chi connectivity index (χ4n) is 2.60. The summed E-state index contributed by atoms with van der Waals surface area (Å²) in [6, 6.07) is -1.12. The monoisotopic (exact) mass is 298 g/mol. The highest BCUT2D eigenvalue weighted by atomic mass is 16.6. The Labute approximate surface area is 123 Å². The van der Waals surface area contributed by atoms with Crippen molar-refractivity contribution in [3.05, 3.63) is 0 Å². The van der Waals surface area contributed by atoms with Gasteiger partial charge in [0.2, 0.25) is 5.91 Å². The molecule has 2 amide bonds. The Morgan fingerprint density at radius 1 is 1.48 bits per heavy atom. The van der Waals surface area contributed by atoms with Crippen LogP contribution >= 0.6 is 0 Å². The van der Waals surface area contributed by atoms with Crippen molar-refractivity contribution in [1.82, 2.24) is 10.6 Å². The number of carboxylic acid groups (broad SMARTS) is 1. The van der Waals surface area contributed by atoms with E-state index in [1.807, 2.05) is 0 Å². The van der Waals surface area contributed by atoms with Crippen LogP contribution in [0.1, 0.15) is 46.5 Å². The number of carbonyl (C=O) groups is 3. The van der Waals surface area contributed by atoms with Crippen LogP contribution in [-0.2, 0) is 14.3 Å². The first-order valence-electron chi connectivity index (χ1n) is 7.15. The van der Waals surface area contributed by atoms with Gasteiger partial charge in [-0.2, -0.15) is 0 Å². The number of carbonyl (C=O) groups excluding carboxylic acids is 2. The van der Waals surface area contributed by atoms with Crippen LogP contribution in [0.2, 0.25) is 0 Å². The summed E-state index contributed by atoms with van der Waals surface area (Å²) in [6.07, 6.45) is 1.85. The molecule has 2 rings (SSSR count). The standard InChI is InChI=1S/C14H22N2O5/c1-13(2,3)21-12(20)15-9(11(18)19)6-8-7-14(4-5-14)16-10(8)17/h8-9H,4-7H2,1-3H3,(H,15,20)(H,16,17)(H,18,19)/t8-,9+/m1/s1. The number of rotatable bonds is 4. The van der Waals surface area contributed by atoms with Gasteiger partial charge in [-0.05, 0) is 46.5 Å². The van der Waals surface area contributed by atoms with E-state index in [0.29, 0.717) is 6.42 Å². The van der Waals surface area contributed by atoms with E-state index in [4.69, 9.17) is 4.74 Å². The third-order valence-corrected chi connectivity index (χ3v) is 3.76. The Kier molecular flexibility index (Phi) is 3.86. The van der Waals surface area contributed by atoms with Crippen LogP contribution in [-0.4, -0.2) is 40.3 Å². The third kappa shape index (κ3) is 4.09. The van der Waals surface area contributed by atoms with Crippen molar-refractivity contribution in [3.8, 4) is 0 Å². The van der Waals surface area contributed by atoms with E-state index in [1.165, 1.54) is 0 Å². The van der Waals surface area contributed by atoms with E-state index in [-0.39, 0.29) is 23.8 Å². The topological polar surface area (TPSA) is 105 Å². The molecule has 0 aromatic carbocycles. The molecule has 1 saturated heterocycles. The van der Waals surface area contributed by atoms with Gasteiger partial charge in [-0.25, -0.2) is 9.59 Å². The van der Waals surface area contributed by atoms with Gasteiger partial charge in [0.05, 0.1) is 0 Å². The fourth-order valence-corrected chi connectivity index (χ4v) is 2.60. The van der Waals surface area contributed by atoms with Crippen molar-refractivity contribution in [3.63, 3.8) is 0 Å². The summed E-state index contributed by atoms with van der Waals surface area (Å²) in [7, 11) is 0. The van der Waals surface area contributed by atoms with Gasteiger partial charge in [0.25, 0.3) is 0 Å². The largest absolute Gasteiger partial charge is 0.480 e. The molecule has 1 aliphatic carbocycles. The Hall–Kier alpha value is -1.79. The molecule has 2 fully saturated rings. The maximum absolute atomic E-state index is 11.9. The van der Waals surface area contributed by atoms with Crippen LogP contribution in [0.15, 0.2) is 0 Å². The van der Waals surface area contributed by atoms with E-state index >= 15 is 0 Å². The predicted molar refractivity (Wildman–Crippen MR) is 73.6 cm³/mol. The Morgan fingerprint density at radius 3 is 2.52 bits per heavy atom. The molecule has 1 spiro atoms. The molecule has 0 bridgehead atoms. The van der Waals surface area contributed by atoms with E-state index < -0.39 is 23.7 Å². The zero-order valence-electron chi connectivity index (χ0n) is 12.6. The third-order valence-electron chi connectivity index (χ3n) is 3.76. The summed E-state index contributed by atoms with van der Waals surface area (Å²) < 4.78 is 5.05. The molecule has 2 atom stereocenters. The Bertz CT molecular complexity index is 464. The smallest absolute Gasteiger partial charge is 0.408 e. The first-order valence-corrected chi connectivity index (χ1v) is 7.15. The summed E-state index contributed by atoms with van der Waals surface area (Å²) in [6.45, 7) is 5.09. The second kappa shape index (κ2) is 5.20. The molecule has 0 radical (unpaired) electrons. The summed E-state index contributed by atoms with van der Waals surface area (Å²) >= 11 is 0. The van der Waals surface area contributed by atoms with Gasteiger partial charge in [-0.1, -0.05) is 0 Å². The molecular formula is C14H22N2O5. The molecule has 0 unspecified atom stereocenters. The number of hydrogen-bond acceptors (Lipinski definition) is 4. The lowest BCUT2D eigenvalue weighted by Gasteiger charge is -2.22. The van der Waals surface area contributed by atoms with Crippen LogP contribution < -0.4 is 10.6 Å². The van der Waals surface area contributed by atoms with Gasteiger partial charge in [-0.3, -0.25) is 4.79 Å². The lowest BCUT2D eigenvalue weighted by atomic mass is 9.95. The second-order valence-corrected chi connectivity index (χ2v) is 6.94. The molecule has 7 heteroatoms. The number of alkyl carbamates (subject to hydrolysis) is 1. The second-order valence-electron chi connectivity index (χ2n) is 6.94. The number of amides is 2. The molecule has 3 N–H and O–H groups in total. The van der Waals surface area contributed by atoms with E-state index in [2.05, 4.69) is 10.6 Å². The van der Waals surface area contributed by atoms with Crippen molar-refractivity contribution in [2.75, 3.05) is 0 Å². The maximum atomic E-state index is 11.9. The van der Waals surface area contributed by atoms with E-state index in [9.17, 15) is 19.5 Å². The molecule has 1 heterocycles. The van der Waals surface area contributed by atoms with Gasteiger partial charge in [-0.15, -0.1) is 0 Å². The predicted octanol–water partition coefficient (Wildman–Crippen LogP) is 1.02. The molecule has 2 aliphatic rings. The maximum Gasteiger partial charge on any atom is 0.408 e. The summed E-state index contributed by atoms with van der Waals surface area (Å²) in [4.78, 5) is 34.8. The van der Waals surface area contributed by atoms with Crippen molar-refractivity contribution >= 4 is 18.0 Å². The highest BCUT2D eigenvalue weighted by molar-refractivity contribution is 5.85. The minimum Gasteiger partial charge on any atom is -0.480 e. The van der Waals surface area contributed by atoms with E-state index in [1.54, 1.807) is 20.8 Å². The number of hydrogen-bond donors (Lipinski definition) is 3. The molecule has 118 valence electrons. The minimum atomic E-state index is -1.16. The lowest BCUT2D eigenvalue weighted by Crippen LogP contribution is -2.45.